The lowest BCUT2D eigenvalue weighted by atomic mass is 10.2. The van der Waals surface area contributed by atoms with Crippen molar-refractivity contribution in [2.75, 3.05) is 6.54 Å². The van der Waals surface area contributed by atoms with E-state index in [1.165, 1.54) is 0 Å². The van der Waals surface area contributed by atoms with Crippen LogP contribution in [0, 0.1) is 11.8 Å². The largest absolute Gasteiger partial charge is 0.444 e. The SMILES string of the molecule is CC(C)(C)OC(=O)NCC#Cc1cnc(Cl)c(C(F)(F)F)c1. The van der Waals surface area contributed by atoms with Crippen LogP contribution in [0.3, 0.4) is 0 Å². The lowest BCUT2D eigenvalue weighted by Gasteiger charge is -2.18. The molecule has 0 aliphatic rings. The number of alkyl halides is 3. The molecule has 0 aliphatic heterocycles. The van der Waals surface area contributed by atoms with Gasteiger partial charge in [-0.25, -0.2) is 9.78 Å². The van der Waals surface area contributed by atoms with Gasteiger partial charge in [0, 0.05) is 11.8 Å². The van der Waals surface area contributed by atoms with Crippen LogP contribution in [0.15, 0.2) is 12.3 Å². The number of nitrogens with zero attached hydrogens (tertiary/aromatic N) is 1. The predicted molar refractivity (Wildman–Crippen MR) is 75.4 cm³/mol. The Balaban J connectivity index is 2.68. The molecular weight excluding hydrogens is 321 g/mol. The minimum Gasteiger partial charge on any atom is -0.444 e. The molecule has 0 saturated heterocycles. The maximum absolute atomic E-state index is 12.6. The summed E-state index contributed by atoms with van der Waals surface area (Å²) < 4.78 is 42.9. The van der Waals surface area contributed by atoms with Crippen molar-refractivity contribution in [2.45, 2.75) is 32.5 Å². The summed E-state index contributed by atoms with van der Waals surface area (Å²) in [6.45, 7) is 5.04. The van der Waals surface area contributed by atoms with Gasteiger partial charge in [-0.3, -0.25) is 0 Å². The van der Waals surface area contributed by atoms with E-state index >= 15 is 0 Å². The molecule has 1 N–H and O–H groups in total. The van der Waals surface area contributed by atoms with Crippen LogP contribution in [0.25, 0.3) is 0 Å². The summed E-state index contributed by atoms with van der Waals surface area (Å²) in [5.74, 6) is 4.97. The Morgan fingerprint density at radius 3 is 2.59 bits per heavy atom. The standard InChI is InChI=1S/C14H14ClF3N2O2/c1-13(2,3)22-12(21)19-6-4-5-9-7-10(14(16,17)18)11(15)20-8-9/h7-8H,6H2,1-3H3,(H,19,21). The summed E-state index contributed by atoms with van der Waals surface area (Å²) in [6, 6.07) is 0.801. The molecule has 0 spiro atoms. The molecule has 0 fully saturated rings. The Labute approximate surface area is 131 Å². The van der Waals surface area contributed by atoms with Crippen LogP contribution < -0.4 is 5.32 Å². The highest BCUT2D eigenvalue weighted by molar-refractivity contribution is 6.30. The monoisotopic (exact) mass is 334 g/mol. The number of nitrogens with one attached hydrogen (secondary N) is 1. The fourth-order valence-corrected chi connectivity index (χ4v) is 1.50. The van der Waals surface area contributed by atoms with Crippen LogP contribution >= 0.6 is 11.6 Å². The van der Waals surface area contributed by atoms with Gasteiger partial charge >= 0.3 is 12.3 Å². The summed E-state index contributed by atoms with van der Waals surface area (Å²) in [4.78, 5) is 14.8. The predicted octanol–water partition coefficient (Wildman–Crippen LogP) is 3.63. The van der Waals surface area contributed by atoms with Gasteiger partial charge in [-0.15, -0.1) is 0 Å². The molecule has 0 unspecified atom stereocenters. The third-order valence-corrected chi connectivity index (χ3v) is 2.40. The van der Waals surface area contributed by atoms with Crippen molar-refractivity contribution in [3.05, 3.63) is 28.5 Å². The van der Waals surface area contributed by atoms with E-state index in [-0.39, 0.29) is 12.1 Å². The Bertz CT molecular complexity index is 613. The maximum Gasteiger partial charge on any atom is 0.419 e. The molecule has 1 heterocycles. The third kappa shape index (κ3) is 6.22. The molecule has 1 rings (SSSR count). The molecule has 0 saturated carbocycles. The van der Waals surface area contributed by atoms with E-state index in [4.69, 9.17) is 16.3 Å². The average Bonchev–Trinajstić information content (AvgIpc) is 2.33. The summed E-state index contributed by atoms with van der Waals surface area (Å²) in [5.41, 5.74) is -1.65. The van der Waals surface area contributed by atoms with E-state index in [0.29, 0.717) is 0 Å². The van der Waals surface area contributed by atoms with Crippen molar-refractivity contribution >= 4 is 17.7 Å². The molecule has 120 valence electrons. The number of hydrogen-bond acceptors (Lipinski definition) is 3. The molecule has 0 atom stereocenters. The van der Waals surface area contributed by atoms with Gasteiger partial charge in [-0.2, -0.15) is 13.2 Å². The van der Waals surface area contributed by atoms with Gasteiger partial charge in [-0.05, 0) is 26.8 Å². The van der Waals surface area contributed by atoms with Crippen LogP contribution in [-0.4, -0.2) is 23.2 Å². The number of aromatic nitrogens is 1. The Morgan fingerprint density at radius 1 is 1.41 bits per heavy atom. The molecule has 0 aromatic carbocycles. The van der Waals surface area contributed by atoms with Gasteiger partial charge in [0.05, 0.1) is 12.1 Å². The quantitative estimate of drug-likeness (QED) is 0.630. The van der Waals surface area contributed by atoms with Crippen LogP contribution in [0.5, 0.6) is 0 Å². The van der Waals surface area contributed by atoms with Gasteiger partial charge in [0.15, 0.2) is 0 Å². The molecule has 22 heavy (non-hydrogen) atoms. The van der Waals surface area contributed by atoms with Gasteiger partial charge < -0.3 is 10.1 Å². The molecule has 8 heteroatoms. The average molecular weight is 335 g/mol. The van der Waals surface area contributed by atoms with E-state index in [1.807, 2.05) is 0 Å². The zero-order valence-corrected chi connectivity index (χ0v) is 12.9. The van der Waals surface area contributed by atoms with Crippen molar-refractivity contribution in [2.24, 2.45) is 0 Å². The van der Waals surface area contributed by atoms with E-state index in [9.17, 15) is 18.0 Å². The van der Waals surface area contributed by atoms with Gasteiger partial charge in [-0.1, -0.05) is 23.4 Å². The van der Waals surface area contributed by atoms with Gasteiger partial charge in [0.1, 0.15) is 10.8 Å². The van der Waals surface area contributed by atoms with E-state index in [2.05, 4.69) is 22.1 Å². The summed E-state index contributed by atoms with van der Waals surface area (Å²) >= 11 is 5.39. The van der Waals surface area contributed by atoms with Crippen molar-refractivity contribution in [3.8, 4) is 11.8 Å². The minimum atomic E-state index is -4.60. The van der Waals surface area contributed by atoms with Gasteiger partial charge in [0.2, 0.25) is 0 Å². The first-order chi connectivity index (χ1) is 9.99. The normalized spacial score (nSPS) is 11.4. The fourth-order valence-electron chi connectivity index (χ4n) is 1.29. The van der Waals surface area contributed by atoms with Crippen LogP contribution in [0.4, 0.5) is 18.0 Å². The van der Waals surface area contributed by atoms with E-state index in [1.54, 1.807) is 20.8 Å². The molecule has 1 aromatic rings. The number of pyridine rings is 1. The smallest absolute Gasteiger partial charge is 0.419 e. The first-order valence-corrected chi connectivity index (χ1v) is 6.55. The summed E-state index contributed by atoms with van der Waals surface area (Å²) in [7, 11) is 0. The zero-order valence-electron chi connectivity index (χ0n) is 12.1. The van der Waals surface area contributed by atoms with Crippen molar-refractivity contribution < 1.29 is 22.7 Å². The zero-order chi connectivity index (χ0) is 17.0. The number of rotatable bonds is 1. The second-order valence-electron chi connectivity index (χ2n) is 5.22. The first kappa shape index (κ1) is 18.1. The number of hydrogen-bond donors (Lipinski definition) is 1. The summed E-state index contributed by atoms with van der Waals surface area (Å²) in [5, 5.41) is 1.73. The summed E-state index contributed by atoms with van der Waals surface area (Å²) in [6.07, 6.45) is -4.14. The number of carbonyl (C=O) groups is 1. The third-order valence-electron chi connectivity index (χ3n) is 2.10. The lowest BCUT2D eigenvalue weighted by molar-refractivity contribution is -0.137. The number of halogens is 4. The van der Waals surface area contributed by atoms with Crippen molar-refractivity contribution in [1.82, 2.24) is 10.3 Å². The molecule has 0 radical (unpaired) electrons. The number of carbonyl (C=O) groups excluding carboxylic acids is 1. The second kappa shape index (κ2) is 6.88. The van der Waals surface area contributed by atoms with E-state index in [0.717, 1.165) is 12.3 Å². The lowest BCUT2D eigenvalue weighted by Crippen LogP contribution is -2.32. The molecule has 0 aliphatic carbocycles. The van der Waals surface area contributed by atoms with E-state index < -0.39 is 28.6 Å². The number of alkyl carbamates (subject to hydrolysis) is 1. The van der Waals surface area contributed by atoms with Crippen LogP contribution in [-0.2, 0) is 10.9 Å². The molecular formula is C14H14ClF3N2O2. The fraction of sp³-hybridized carbons (Fsp3) is 0.429. The highest BCUT2D eigenvalue weighted by atomic mass is 35.5. The van der Waals surface area contributed by atoms with Crippen LogP contribution in [0.1, 0.15) is 31.9 Å². The topological polar surface area (TPSA) is 51.2 Å². The van der Waals surface area contributed by atoms with Crippen LogP contribution in [0.2, 0.25) is 5.15 Å². The number of amides is 1. The highest BCUT2D eigenvalue weighted by Crippen LogP contribution is 2.33. The highest BCUT2D eigenvalue weighted by Gasteiger charge is 2.34. The molecule has 0 bridgehead atoms. The molecule has 4 nitrogen and oxygen atoms in total. The van der Waals surface area contributed by atoms with Gasteiger partial charge in [0.25, 0.3) is 0 Å². The Kier molecular flexibility index (Phi) is 5.66. The first-order valence-electron chi connectivity index (χ1n) is 6.17. The molecule has 1 aromatic heterocycles. The van der Waals surface area contributed by atoms with Crippen molar-refractivity contribution in [3.63, 3.8) is 0 Å². The minimum absolute atomic E-state index is 0.0442. The Morgan fingerprint density at radius 2 is 2.05 bits per heavy atom. The second-order valence-corrected chi connectivity index (χ2v) is 5.58. The van der Waals surface area contributed by atoms with Crippen molar-refractivity contribution in [1.29, 1.82) is 0 Å². The Hall–Kier alpha value is -1.94. The maximum atomic E-state index is 12.6. The number of ether oxygens (including phenoxy) is 1. The molecule has 1 amide bonds.